The molecule has 0 aliphatic heterocycles. The summed E-state index contributed by atoms with van der Waals surface area (Å²) in [7, 11) is 0. The Morgan fingerprint density at radius 3 is 2.50 bits per heavy atom. The summed E-state index contributed by atoms with van der Waals surface area (Å²) < 4.78 is 6.26. The van der Waals surface area contributed by atoms with Crippen LogP contribution < -0.4 is 0 Å². The molecule has 0 unspecified atom stereocenters. The number of halogens is 2. The van der Waals surface area contributed by atoms with E-state index in [1.165, 1.54) is 0 Å². The Morgan fingerprint density at radius 2 is 1.93 bits per heavy atom. The van der Waals surface area contributed by atoms with E-state index in [0.29, 0.717) is 11.9 Å². The number of benzene rings is 1. The van der Waals surface area contributed by atoms with Crippen LogP contribution in [0.15, 0.2) is 28.7 Å². The average Bonchev–Trinajstić information content (AvgIpc) is 2.21. The van der Waals surface area contributed by atoms with Crippen molar-refractivity contribution in [3.63, 3.8) is 0 Å². The highest BCUT2D eigenvalue weighted by Crippen LogP contribution is 2.11. The van der Waals surface area contributed by atoms with Gasteiger partial charge in [-0.15, -0.1) is 0 Å². The van der Waals surface area contributed by atoms with Gasteiger partial charge < -0.3 is 4.74 Å². The van der Waals surface area contributed by atoms with Gasteiger partial charge in [0.05, 0.1) is 11.9 Å². The van der Waals surface area contributed by atoms with Gasteiger partial charge >= 0.3 is 0 Å². The number of hydrogen-bond acceptors (Lipinski definition) is 2. The number of hydrogen-bond donors (Lipinski definition) is 0. The normalized spacial score (nSPS) is 10.1. The van der Waals surface area contributed by atoms with Crippen molar-refractivity contribution < 1.29 is 9.53 Å². The number of Topliss-reactive ketones (excluding diaryl/α,β-unsaturated/α-hetero) is 1. The lowest BCUT2D eigenvalue weighted by atomic mass is 10.2. The SMILES string of the molecule is O=C(CBr)COCc1ccc(Br)cc1. The molecule has 76 valence electrons. The Bertz CT molecular complexity index is 295. The minimum atomic E-state index is 0.0575. The van der Waals surface area contributed by atoms with Crippen molar-refractivity contribution >= 4 is 37.6 Å². The highest BCUT2D eigenvalue weighted by Gasteiger charge is 1.99. The first kappa shape index (κ1) is 11.9. The van der Waals surface area contributed by atoms with Gasteiger partial charge in [0.15, 0.2) is 5.78 Å². The van der Waals surface area contributed by atoms with E-state index in [0.717, 1.165) is 10.0 Å². The maximum Gasteiger partial charge on any atom is 0.168 e. The standard InChI is InChI=1S/C10H10Br2O2/c11-5-10(13)7-14-6-8-1-3-9(12)4-2-8/h1-4H,5-7H2. The van der Waals surface area contributed by atoms with Gasteiger partial charge in [0.2, 0.25) is 0 Å². The molecule has 0 aromatic heterocycles. The van der Waals surface area contributed by atoms with Crippen LogP contribution in [0, 0.1) is 0 Å². The summed E-state index contributed by atoms with van der Waals surface area (Å²) in [5, 5.41) is 0.355. The van der Waals surface area contributed by atoms with Crippen molar-refractivity contribution in [3.05, 3.63) is 34.3 Å². The Morgan fingerprint density at radius 1 is 1.29 bits per heavy atom. The first-order chi connectivity index (χ1) is 6.72. The van der Waals surface area contributed by atoms with Crippen molar-refractivity contribution in [2.45, 2.75) is 6.61 Å². The summed E-state index contributed by atoms with van der Waals surface area (Å²) in [5.41, 5.74) is 1.07. The van der Waals surface area contributed by atoms with E-state index in [1.807, 2.05) is 24.3 Å². The lowest BCUT2D eigenvalue weighted by Gasteiger charge is -2.02. The second kappa shape index (κ2) is 6.32. The Kier molecular flexibility index (Phi) is 5.37. The molecule has 1 rings (SSSR count). The summed E-state index contributed by atoms with van der Waals surface area (Å²) in [6, 6.07) is 7.82. The molecule has 0 saturated carbocycles. The average molecular weight is 322 g/mol. The van der Waals surface area contributed by atoms with Crippen LogP contribution in [0.3, 0.4) is 0 Å². The van der Waals surface area contributed by atoms with Crippen molar-refractivity contribution in [1.29, 1.82) is 0 Å². The molecule has 0 aliphatic rings. The molecule has 0 amide bonds. The van der Waals surface area contributed by atoms with Gasteiger partial charge in [-0.25, -0.2) is 0 Å². The van der Waals surface area contributed by atoms with Crippen LogP contribution in [0.5, 0.6) is 0 Å². The van der Waals surface area contributed by atoms with Crippen LogP contribution in [0.2, 0.25) is 0 Å². The smallest absolute Gasteiger partial charge is 0.168 e. The van der Waals surface area contributed by atoms with Gasteiger partial charge in [-0.2, -0.15) is 0 Å². The zero-order valence-electron chi connectivity index (χ0n) is 7.50. The molecule has 0 bridgehead atoms. The number of rotatable bonds is 5. The van der Waals surface area contributed by atoms with Crippen LogP contribution in [0.1, 0.15) is 5.56 Å². The molecule has 1 aromatic carbocycles. The summed E-state index contributed by atoms with van der Waals surface area (Å²) in [4.78, 5) is 10.9. The predicted molar refractivity (Wildman–Crippen MR) is 62.6 cm³/mol. The zero-order chi connectivity index (χ0) is 10.4. The molecule has 0 N–H and O–H groups in total. The maximum absolute atomic E-state index is 10.9. The van der Waals surface area contributed by atoms with Gasteiger partial charge in [0.1, 0.15) is 6.61 Å². The van der Waals surface area contributed by atoms with Gasteiger partial charge in [-0.1, -0.05) is 44.0 Å². The van der Waals surface area contributed by atoms with E-state index in [1.54, 1.807) is 0 Å². The summed E-state index contributed by atoms with van der Waals surface area (Å²) in [5.74, 6) is 0.0575. The van der Waals surface area contributed by atoms with Gasteiger partial charge in [0, 0.05) is 4.47 Å². The second-order valence-electron chi connectivity index (χ2n) is 2.79. The third kappa shape index (κ3) is 4.35. The lowest BCUT2D eigenvalue weighted by molar-refractivity contribution is -0.121. The van der Waals surface area contributed by atoms with Crippen molar-refractivity contribution in [2.75, 3.05) is 11.9 Å². The first-order valence-electron chi connectivity index (χ1n) is 4.12. The van der Waals surface area contributed by atoms with Gasteiger partial charge in [-0.3, -0.25) is 4.79 Å². The fourth-order valence-electron chi connectivity index (χ4n) is 0.902. The molecule has 0 heterocycles. The fourth-order valence-corrected chi connectivity index (χ4v) is 1.33. The van der Waals surface area contributed by atoms with Crippen LogP contribution in [-0.4, -0.2) is 17.7 Å². The molecule has 0 fully saturated rings. The molecular weight excluding hydrogens is 312 g/mol. The minimum Gasteiger partial charge on any atom is -0.369 e. The molecule has 4 heteroatoms. The minimum absolute atomic E-state index is 0.0575. The molecule has 0 aliphatic carbocycles. The molecule has 14 heavy (non-hydrogen) atoms. The molecule has 2 nitrogen and oxygen atoms in total. The second-order valence-corrected chi connectivity index (χ2v) is 4.27. The van der Waals surface area contributed by atoms with Crippen molar-refractivity contribution in [3.8, 4) is 0 Å². The Balaban J connectivity index is 2.31. The number of carbonyl (C=O) groups is 1. The molecule has 0 spiro atoms. The zero-order valence-corrected chi connectivity index (χ0v) is 10.7. The predicted octanol–water partition coefficient (Wildman–Crippen LogP) is 2.93. The highest BCUT2D eigenvalue weighted by molar-refractivity contribution is 9.10. The van der Waals surface area contributed by atoms with Crippen LogP contribution in [0.4, 0.5) is 0 Å². The van der Waals surface area contributed by atoms with E-state index in [4.69, 9.17) is 4.74 Å². The Hall–Kier alpha value is -0.190. The first-order valence-corrected chi connectivity index (χ1v) is 6.03. The Labute approximate surface area is 99.9 Å². The van der Waals surface area contributed by atoms with E-state index in [9.17, 15) is 4.79 Å². The molecule has 0 atom stereocenters. The topological polar surface area (TPSA) is 26.3 Å². The molecule has 0 saturated heterocycles. The summed E-state index contributed by atoms with van der Waals surface area (Å²) >= 11 is 6.42. The van der Waals surface area contributed by atoms with Crippen molar-refractivity contribution in [1.82, 2.24) is 0 Å². The third-order valence-corrected chi connectivity index (χ3v) is 2.75. The largest absolute Gasteiger partial charge is 0.369 e. The van der Waals surface area contributed by atoms with Crippen LogP contribution >= 0.6 is 31.9 Å². The molecule has 0 radical (unpaired) electrons. The number of ether oxygens (including phenoxy) is 1. The monoisotopic (exact) mass is 320 g/mol. The highest BCUT2D eigenvalue weighted by atomic mass is 79.9. The summed E-state index contributed by atoms with van der Waals surface area (Å²) in [6.45, 7) is 0.646. The van der Waals surface area contributed by atoms with Crippen LogP contribution in [-0.2, 0) is 16.1 Å². The van der Waals surface area contributed by atoms with E-state index in [2.05, 4.69) is 31.9 Å². The quantitative estimate of drug-likeness (QED) is 0.779. The number of carbonyl (C=O) groups excluding carboxylic acids is 1. The fraction of sp³-hybridized carbons (Fsp3) is 0.300. The van der Waals surface area contributed by atoms with E-state index < -0.39 is 0 Å². The number of ketones is 1. The molecular formula is C10H10Br2O2. The summed E-state index contributed by atoms with van der Waals surface area (Å²) in [6.07, 6.45) is 0. The van der Waals surface area contributed by atoms with E-state index >= 15 is 0 Å². The van der Waals surface area contributed by atoms with Gasteiger partial charge in [-0.05, 0) is 17.7 Å². The van der Waals surface area contributed by atoms with Crippen LogP contribution in [0.25, 0.3) is 0 Å². The van der Waals surface area contributed by atoms with E-state index in [-0.39, 0.29) is 12.4 Å². The lowest BCUT2D eigenvalue weighted by Crippen LogP contribution is -2.09. The van der Waals surface area contributed by atoms with Gasteiger partial charge in [0.25, 0.3) is 0 Å². The molecule has 1 aromatic rings. The third-order valence-electron chi connectivity index (χ3n) is 1.59. The van der Waals surface area contributed by atoms with Crippen molar-refractivity contribution in [2.24, 2.45) is 0 Å². The number of alkyl halides is 1. The maximum atomic E-state index is 10.9.